The van der Waals surface area contributed by atoms with Crippen LogP contribution in [0.1, 0.15) is 30.7 Å². The second-order valence-electron chi connectivity index (χ2n) is 3.99. The molecule has 1 aromatic carbocycles. The SMILES string of the molecule is NC(CCCC=O)C(C(=O)O)c1ccccc1. The molecule has 0 fully saturated rings. The van der Waals surface area contributed by atoms with E-state index in [0.29, 0.717) is 24.8 Å². The fraction of sp³-hybridized carbons (Fsp3) is 0.385. The smallest absolute Gasteiger partial charge is 0.312 e. The number of carboxylic acids is 1. The quantitative estimate of drug-likeness (QED) is 0.555. The number of carbonyl (C=O) groups is 2. The molecule has 1 rings (SSSR count). The van der Waals surface area contributed by atoms with Gasteiger partial charge in [-0.3, -0.25) is 4.79 Å². The van der Waals surface area contributed by atoms with Crippen molar-refractivity contribution in [1.29, 1.82) is 0 Å². The summed E-state index contributed by atoms with van der Waals surface area (Å²) in [6.07, 6.45) is 2.41. The van der Waals surface area contributed by atoms with Crippen LogP contribution in [0.2, 0.25) is 0 Å². The van der Waals surface area contributed by atoms with Crippen molar-refractivity contribution in [3.05, 3.63) is 35.9 Å². The van der Waals surface area contributed by atoms with Crippen molar-refractivity contribution in [3.8, 4) is 0 Å². The van der Waals surface area contributed by atoms with Gasteiger partial charge in [-0.15, -0.1) is 0 Å². The summed E-state index contributed by atoms with van der Waals surface area (Å²) in [5.41, 5.74) is 6.60. The van der Waals surface area contributed by atoms with Crippen molar-refractivity contribution in [1.82, 2.24) is 0 Å². The van der Waals surface area contributed by atoms with E-state index in [4.69, 9.17) is 5.73 Å². The minimum absolute atomic E-state index is 0.425. The second kappa shape index (κ2) is 6.81. The third-order valence-corrected chi connectivity index (χ3v) is 2.71. The fourth-order valence-electron chi connectivity index (χ4n) is 1.84. The number of unbranched alkanes of at least 4 members (excludes halogenated alkanes) is 1. The van der Waals surface area contributed by atoms with E-state index >= 15 is 0 Å². The normalized spacial score (nSPS) is 13.9. The highest BCUT2D eigenvalue weighted by atomic mass is 16.4. The number of aldehydes is 1. The Kier molecular flexibility index (Phi) is 5.36. The van der Waals surface area contributed by atoms with Crippen LogP contribution in [0.4, 0.5) is 0 Å². The molecule has 0 heterocycles. The predicted octanol–water partition coefficient (Wildman–Crippen LogP) is 1.55. The van der Waals surface area contributed by atoms with Crippen molar-refractivity contribution in [2.45, 2.75) is 31.2 Å². The van der Waals surface area contributed by atoms with Crippen LogP contribution < -0.4 is 5.73 Å². The number of carbonyl (C=O) groups excluding carboxylic acids is 1. The van der Waals surface area contributed by atoms with Crippen LogP contribution in [-0.4, -0.2) is 23.4 Å². The number of carboxylic acid groups (broad SMARTS) is 1. The fourth-order valence-corrected chi connectivity index (χ4v) is 1.84. The van der Waals surface area contributed by atoms with Crippen LogP contribution >= 0.6 is 0 Å². The molecule has 0 amide bonds. The topological polar surface area (TPSA) is 80.4 Å². The molecule has 0 saturated carbocycles. The Bertz CT molecular complexity index is 364. The standard InChI is InChI=1S/C13H17NO3/c14-11(8-4-5-9-15)12(13(16)17)10-6-2-1-3-7-10/h1-3,6-7,9,11-12H,4-5,8,14H2,(H,16,17). The summed E-state index contributed by atoms with van der Waals surface area (Å²) in [6, 6.07) is 8.49. The number of hydrogen-bond donors (Lipinski definition) is 2. The van der Waals surface area contributed by atoms with E-state index in [1.54, 1.807) is 24.3 Å². The molecular weight excluding hydrogens is 218 g/mol. The second-order valence-corrected chi connectivity index (χ2v) is 3.99. The lowest BCUT2D eigenvalue weighted by molar-refractivity contribution is -0.139. The third-order valence-electron chi connectivity index (χ3n) is 2.71. The van der Waals surface area contributed by atoms with Gasteiger partial charge in [-0.25, -0.2) is 0 Å². The molecule has 0 aliphatic carbocycles. The summed E-state index contributed by atoms with van der Waals surface area (Å²) in [5, 5.41) is 9.20. The van der Waals surface area contributed by atoms with E-state index in [1.807, 2.05) is 6.07 Å². The maximum absolute atomic E-state index is 11.2. The van der Waals surface area contributed by atoms with Crippen LogP contribution in [0, 0.1) is 0 Å². The van der Waals surface area contributed by atoms with Crippen LogP contribution in [-0.2, 0) is 9.59 Å². The number of rotatable bonds is 7. The first-order valence-electron chi connectivity index (χ1n) is 5.63. The van der Waals surface area contributed by atoms with E-state index in [1.165, 1.54) is 0 Å². The highest BCUT2D eigenvalue weighted by molar-refractivity contribution is 5.77. The molecule has 0 aliphatic rings. The predicted molar refractivity (Wildman–Crippen MR) is 64.7 cm³/mol. The summed E-state index contributed by atoms with van der Waals surface area (Å²) >= 11 is 0. The zero-order chi connectivity index (χ0) is 12.7. The summed E-state index contributed by atoms with van der Waals surface area (Å²) in [4.78, 5) is 21.4. The van der Waals surface area contributed by atoms with Gasteiger partial charge in [0.15, 0.2) is 0 Å². The Morgan fingerprint density at radius 1 is 1.35 bits per heavy atom. The van der Waals surface area contributed by atoms with Gasteiger partial charge in [0, 0.05) is 12.5 Å². The molecule has 4 nitrogen and oxygen atoms in total. The average molecular weight is 235 g/mol. The van der Waals surface area contributed by atoms with Crippen molar-refractivity contribution in [2.24, 2.45) is 5.73 Å². The molecule has 3 N–H and O–H groups in total. The number of benzene rings is 1. The van der Waals surface area contributed by atoms with Crippen LogP contribution in [0.3, 0.4) is 0 Å². The van der Waals surface area contributed by atoms with E-state index in [0.717, 1.165) is 6.29 Å². The highest BCUT2D eigenvalue weighted by Crippen LogP contribution is 2.21. The molecule has 0 saturated heterocycles. The van der Waals surface area contributed by atoms with Crippen molar-refractivity contribution < 1.29 is 14.7 Å². The van der Waals surface area contributed by atoms with Crippen LogP contribution in [0.15, 0.2) is 30.3 Å². The number of nitrogens with two attached hydrogens (primary N) is 1. The minimum Gasteiger partial charge on any atom is -0.481 e. The van der Waals surface area contributed by atoms with Gasteiger partial charge in [-0.1, -0.05) is 30.3 Å². The highest BCUT2D eigenvalue weighted by Gasteiger charge is 2.26. The van der Waals surface area contributed by atoms with E-state index in [2.05, 4.69) is 0 Å². The summed E-state index contributed by atoms with van der Waals surface area (Å²) in [7, 11) is 0. The van der Waals surface area contributed by atoms with E-state index < -0.39 is 17.9 Å². The average Bonchev–Trinajstić information content (AvgIpc) is 2.30. The Balaban J connectivity index is 2.72. The lowest BCUT2D eigenvalue weighted by Gasteiger charge is -2.20. The van der Waals surface area contributed by atoms with Gasteiger partial charge < -0.3 is 15.6 Å². The molecule has 0 spiro atoms. The largest absolute Gasteiger partial charge is 0.481 e. The van der Waals surface area contributed by atoms with Gasteiger partial charge in [-0.2, -0.15) is 0 Å². The van der Waals surface area contributed by atoms with Gasteiger partial charge in [0.1, 0.15) is 6.29 Å². The number of hydrogen-bond acceptors (Lipinski definition) is 3. The molecule has 0 aliphatic heterocycles. The lowest BCUT2D eigenvalue weighted by Crippen LogP contribution is -2.33. The Morgan fingerprint density at radius 3 is 2.53 bits per heavy atom. The Hall–Kier alpha value is -1.68. The molecule has 92 valence electrons. The van der Waals surface area contributed by atoms with Gasteiger partial charge in [-0.05, 0) is 18.4 Å². The maximum atomic E-state index is 11.2. The van der Waals surface area contributed by atoms with Crippen molar-refractivity contribution in [3.63, 3.8) is 0 Å². The zero-order valence-corrected chi connectivity index (χ0v) is 9.58. The van der Waals surface area contributed by atoms with Gasteiger partial charge in [0.25, 0.3) is 0 Å². The Labute approximate surface area is 100 Å². The molecular formula is C13H17NO3. The molecule has 0 radical (unpaired) electrons. The minimum atomic E-state index is -0.921. The van der Waals surface area contributed by atoms with Gasteiger partial charge >= 0.3 is 5.97 Å². The molecule has 4 heteroatoms. The van der Waals surface area contributed by atoms with Crippen LogP contribution in [0.5, 0.6) is 0 Å². The van der Waals surface area contributed by atoms with Gasteiger partial charge in [0.2, 0.25) is 0 Å². The zero-order valence-electron chi connectivity index (χ0n) is 9.58. The number of aliphatic carboxylic acids is 1. The van der Waals surface area contributed by atoms with Crippen molar-refractivity contribution >= 4 is 12.3 Å². The first-order chi connectivity index (χ1) is 8.16. The maximum Gasteiger partial charge on any atom is 0.312 e. The third kappa shape index (κ3) is 4.00. The molecule has 1 aromatic rings. The first-order valence-corrected chi connectivity index (χ1v) is 5.63. The van der Waals surface area contributed by atoms with Crippen molar-refractivity contribution in [2.75, 3.05) is 0 Å². The molecule has 0 bridgehead atoms. The lowest BCUT2D eigenvalue weighted by atomic mass is 9.89. The first kappa shape index (κ1) is 13.4. The summed E-state index contributed by atoms with van der Waals surface area (Å²) in [6.45, 7) is 0. The molecule has 2 atom stereocenters. The molecule has 0 aromatic heterocycles. The summed E-state index contributed by atoms with van der Waals surface area (Å²) in [5.74, 6) is -1.63. The van der Waals surface area contributed by atoms with Crippen LogP contribution in [0.25, 0.3) is 0 Å². The summed E-state index contributed by atoms with van der Waals surface area (Å²) < 4.78 is 0. The Morgan fingerprint density at radius 2 is 2.00 bits per heavy atom. The van der Waals surface area contributed by atoms with E-state index in [-0.39, 0.29) is 0 Å². The van der Waals surface area contributed by atoms with E-state index in [9.17, 15) is 14.7 Å². The molecule has 17 heavy (non-hydrogen) atoms. The monoisotopic (exact) mass is 235 g/mol. The van der Waals surface area contributed by atoms with Gasteiger partial charge in [0.05, 0.1) is 5.92 Å². The molecule has 2 unspecified atom stereocenters.